The maximum Gasteiger partial charge on any atom is 0.326 e. The predicted octanol–water partition coefficient (Wildman–Crippen LogP) is 2.24. The fourth-order valence-electron chi connectivity index (χ4n) is 3.81. The van der Waals surface area contributed by atoms with Gasteiger partial charge in [-0.05, 0) is 42.9 Å². The van der Waals surface area contributed by atoms with Crippen LogP contribution in [0.3, 0.4) is 0 Å². The number of hydrogen-bond donors (Lipinski definition) is 3. The number of ether oxygens (including phenoxy) is 1. The zero-order valence-electron chi connectivity index (χ0n) is 16.8. The number of benzene rings is 1. The Morgan fingerprint density at radius 2 is 1.89 bits per heavy atom. The second kappa shape index (κ2) is 9.57. The number of carbonyl (C=O) groups is 3. The molecule has 2 amide bonds. The quantitative estimate of drug-likeness (QED) is 0.600. The minimum Gasteiger partial charge on any atom is -0.497 e. The van der Waals surface area contributed by atoms with Crippen LogP contribution in [0.15, 0.2) is 24.3 Å². The van der Waals surface area contributed by atoms with Gasteiger partial charge in [0.2, 0.25) is 11.8 Å². The van der Waals surface area contributed by atoms with Crippen molar-refractivity contribution < 1.29 is 24.2 Å². The third-order valence-corrected chi connectivity index (χ3v) is 5.26. The Morgan fingerprint density at radius 1 is 1.21 bits per heavy atom. The first-order valence-corrected chi connectivity index (χ1v) is 9.73. The Bertz CT molecular complexity index is 711. The van der Waals surface area contributed by atoms with Crippen LogP contribution < -0.4 is 15.4 Å². The number of rotatable bonds is 9. The van der Waals surface area contributed by atoms with E-state index < -0.39 is 23.3 Å². The zero-order valence-corrected chi connectivity index (χ0v) is 16.8. The van der Waals surface area contributed by atoms with E-state index in [4.69, 9.17) is 4.74 Å². The summed E-state index contributed by atoms with van der Waals surface area (Å²) in [5.41, 5.74) is 0.198. The summed E-state index contributed by atoms with van der Waals surface area (Å²) in [6.45, 7) is 3.54. The summed E-state index contributed by atoms with van der Waals surface area (Å²) in [7, 11) is 1.58. The van der Waals surface area contributed by atoms with Crippen LogP contribution in [0.2, 0.25) is 0 Å². The van der Waals surface area contributed by atoms with Crippen LogP contribution in [0.25, 0.3) is 0 Å². The van der Waals surface area contributed by atoms with Crippen LogP contribution in [0.1, 0.15) is 51.5 Å². The summed E-state index contributed by atoms with van der Waals surface area (Å²) in [5.74, 6) is -0.959. The second-order valence-corrected chi connectivity index (χ2v) is 7.79. The molecule has 154 valence electrons. The average molecular weight is 390 g/mol. The first kappa shape index (κ1) is 21.7. The molecule has 7 heteroatoms. The molecule has 1 fully saturated rings. The van der Waals surface area contributed by atoms with E-state index in [1.54, 1.807) is 7.11 Å². The summed E-state index contributed by atoms with van der Waals surface area (Å²) in [4.78, 5) is 36.5. The Balaban J connectivity index is 2.04. The molecule has 1 atom stereocenters. The van der Waals surface area contributed by atoms with Crippen molar-refractivity contribution in [2.24, 2.45) is 5.92 Å². The number of nitrogens with one attached hydrogen (secondary N) is 2. The SMILES string of the molecule is COc1cccc(C2(C(=O)NCC(=O)N[C@@H](CC(C)C)C(=O)O)CCCC2)c1. The molecule has 0 saturated heterocycles. The van der Waals surface area contributed by atoms with Crippen molar-refractivity contribution in [3.8, 4) is 5.75 Å². The maximum absolute atomic E-state index is 13.0. The highest BCUT2D eigenvalue weighted by Crippen LogP contribution is 2.42. The van der Waals surface area contributed by atoms with Gasteiger partial charge in [0, 0.05) is 0 Å². The van der Waals surface area contributed by atoms with Gasteiger partial charge in [-0.2, -0.15) is 0 Å². The van der Waals surface area contributed by atoms with Crippen molar-refractivity contribution in [3.63, 3.8) is 0 Å². The number of carboxylic acid groups (broad SMARTS) is 1. The van der Waals surface area contributed by atoms with Crippen LogP contribution in [-0.2, 0) is 19.8 Å². The van der Waals surface area contributed by atoms with Crippen molar-refractivity contribution in [1.82, 2.24) is 10.6 Å². The van der Waals surface area contributed by atoms with E-state index >= 15 is 0 Å². The van der Waals surface area contributed by atoms with Gasteiger partial charge in [-0.15, -0.1) is 0 Å². The molecule has 3 N–H and O–H groups in total. The molecule has 7 nitrogen and oxygen atoms in total. The van der Waals surface area contributed by atoms with E-state index in [1.165, 1.54) is 0 Å². The summed E-state index contributed by atoms with van der Waals surface area (Å²) in [6, 6.07) is 6.52. The third-order valence-electron chi connectivity index (χ3n) is 5.26. The van der Waals surface area contributed by atoms with Crippen molar-refractivity contribution in [1.29, 1.82) is 0 Å². The first-order chi connectivity index (χ1) is 13.3. The summed E-state index contributed by atoms with van der Waals surface area (Å²) >= 11 is 0. The average Bonchev–Trinajstić information content (AvgIpc) is 3.16. The molecule has 1 aromatic carbocycles. The minimum atomic E-state index is -1.07. The van der Waals surface area contributed by atoms with Crippen LogP contribution in [0, 0.1) is 5.92 Å². The van der Waals surface area contributed by atoms with Crippen LogP contribution in [-0.4, -0.2) is 42.6 Å². The van der Waals surface area contributed by atoms with Crippen molar-refractivity contribution in [3.05, 3.63) is 29.8 Å². The van der Waals surface area contributed by atoms with Gasteiger partial charge in [-0.25, -0.2) is 4.79 Å². The highest BCUT2D eigenvalue weighted by atomic mass is 16.5. The summed E-state index contributed by atoms with van der Waals surface area (Å²) in [6.07, 6.45) is 3.62. The van der Waals surface area contributed by atoms with Crippen LogP contribution in [0.4, 0.5) is 0 Å². The van der Waals surface area contributed by atoms with Gasteiger partial charge in [0.25, 0.3) is 0 Å². The van der Waals surface area contributed by atoms with E-state index in [9.17, 15) is 19.5 Å². The largest absolute Gasteiger partial charge is 0.497 e. The number of methoxy groups -OCH3 is 1. The van der Waals surface area contributed by atoms with Gasteiger partial charge in [0.1, 0.15) is 11.8 Å². The predicted molar refractivity (Wildman–Crippen MR) is 105 cm³/mol. The number of carbonyl (C=O) groups excluding carboxylic acids is 2. The molecule has 0 heterocycles. The van der Waals surface area contributed by atoms with E-state index in [0.29, 0.717) is 25.0 Å². The second-order valence-electron chi connectivity index (χ2n) is 7.79. The fourth-order valence-corrected chi connectivity index (χ4v) is 3.81. The van der Waals surface area contributed by atoms with Crippen molar-refractivity contribution in [2.75, 3.05) is 13.7 Å². The van der Waals surface area contributed by atoms with Gasteiger partial charge in [-0.1, -0.05) is 38.8 Å². The van der Waals surface area contributed by atoms with Gasteiger partial charge in [0.15, 0.2) is 0 Å². The number of carboxylic acids is 1. The highest BCUT2D eigenvalue weighted by molar-refractivity contribution is 5.92. The monoisotopic (exact) mass is 390 g/mol. The molecule has 0 aromatic heterocycles. The molecule has 0 bridgehead atoms. The molecular weight excluding hydrogens is 360 g/mol. The lowest BCUT2D eigenvalue weighted by molar-refractivity contribution is -0.142. The highest BCUT2D eigenvalue weighted by Gasteiger charge is 2.42. The lowest BCUT2D eigenvalue weighted by Gasteiger charge is -2.28. The number of hydrogen-bond acceptors (Lipinski definition) is 4. The molecule has 1 aliphatic rings. The minimum absolute atomic E-state index is 0.130. The van der Waals surface area contributed by atoms with Gasteiger partial charge >= 0.3 is 5.97 Å². The van der Waals surface area contributed by atoms with Crippen molar-refractivity contribution in [2.45, 2.75) is 57.4 Å². The Hall–Kier alpha value is -2.57. The van der Waals surface area contributed by atoms with Crippen molar-refractivity contribution >= 4 is 17.8 Å². The molecule has 0 unspecified atom stereocenters. The van der Waals surface area contributed by atoms with E-state index in [-0.39, 0.29) is 18.4 Å². The van der Waals surface area contributed by atoms with Gasteiger partial charge < -0.3 is 20.5 Å². The lowest BCUT2D eigenvalue weighted by Crippen LogP contribution is -2.49. The molecule has 2 rings (SSSR count). The van der Waals surface area contributed by atoms with Crippen LogP contribution in [0.5, 0.6) is 5.75 Å². The molecule has 1 aliphatic carbocycles. The molecule has 0 spiro atoms. The third kappa shape index (κ3) is 5.24. The normalized spacial score (nSPS) is 16.4. The molecule has 0 radical (unpaired) electrons. The van der Waals surface area contributed by atoms with Crippen LogP contribution >= 0.6 is 0 Å². The molecule has 28 heavy (non-hydrogen) atoms. The molecule has 0 aliphatic heterocycles. The summed E-state index contributed by atoms with van der Waals surface area (Å²) < 4.78 is 5.28. The number of aliphatic carboxylic acids is 1. The first-order valence-electron chi connectivity index (χ1n) is 9.73. The van der Waals surface area contributed by atoms with E-state index in [0.717, 1.165) is 18.4 Å². The Labute approximate surface area is 165 Å². The molecular formula is C21H30N2O5. The Morgan fingerprint density at radius 3 is 2.46 bits per heavy atom. The van der Waals surface area contributed by atoms with Gasteiger partial charge in [-0.3, -0.25) is 9.59 Å². The zero-order chi connectivity index (χ0) is 20.7. The standard InChI is InChI=1S/C21H30N2O5/c1-14(2)11-17(19(25)26)23-18(24)13-22-20(27)21(9-4-5-10-21)15-7-6-8-16(12-15)28-3/h6-8,12,14,17H,4-5,9-11,13H2,1-3H3,(H,22,27)(H,23,24)(H,25,26)/t17-/m0/s1. The molecule has 1 aromatic rings. The summed E-state index contributed by atoms with van der Waals surface area (Å²) in [5, 5.41) is 14.5. The fraction of sp³-hybridized carbons (Fsp3) is 0.571. The smallest absolute Gasteiger partial charge is 0.326 e. The molecule has 1 saturated carbocycles. The van der Waals surface area contributed by atoms with Gasteiger partial charge in [0.05, 0.1) is 19.1 Å². The van der Waals surface area contributed by atoms with E-state index in [1.807, 2.05) is 38.1 Å². The number of amides is 2. The lowest BCUT2D eigenvalue weighted by atomic mass is 9.78. The Kier molecular flexibility index (Phi) is 7.43. The maximum atomic E-state index is 13.0. The van der Waals surface area contributed by atoms with E-state index in [2.05, 4.69) is 10.6 Å². The topological polar surface area (TPSA) is 105 Å².